The van der Waals surface area contributed by atoms with Crippen LogP contribution in [0.15, 0.2) is 72.8 Å². The molecule has 146 valence electrons. The molecule has 2 nitrogen and oxygen atoms in total. The fourth-order valence-corrected chi connectivity index (χ4v) is 3.50. The summed E-state index contributed by atoms with van der Waals surface area (Å²) in [6.07, 6.45) is 0.899. The Hall–Kier alpha value is -2.36. The first-order valence-electron chi connectivity index (χ1n) is 9.45. The van der Waals surface area contributed by atoms with Crippen molar-refractivity contribution >= 4 is 11.6 Å². The Morgan fingerprint density at radius 1 is 0.857 bits per heavy atom. The number of halogens is 2. The van der Waals surface area contributed by atoms with Crippen LogP contribution in [-0.4, -0.2) is 13.7 Å². The van der Waals surface area contributed by atoms with Crippen LogP contribution in [0.1, 0.15) is 42.0 Å². The second-order valence-electron chi connectivity index (χ2n) is 6.89. The van der Waals surface area contributed by atoms with Crippen molar-refractivity contribution in [3.05, 3.63) is 100 Å². The van der Waals surface area contributed by atoms with Gasteiger partial charge >= 0.3 is 0 Å². The lowest BCUT2D eigenvalue weighted by Crippen LogP contribution is -2.21. The highest BCUT2D eigenvalue weighted by molar-refractivity contribution is 6.30. The molecular weight excluding hydrogens is 373 g/mol. The van der Waals surface area contributed by atoms with Gasteiger partial charge in [0.15, 0.2) is 0 Å². The van der Waals surface area contributed by atoms with E-state index in [9.17, 15) is 4.39 Å². The van der Waals surface area contributed by atoms with Crippen LogP contribution in [0, 0.1) is 5.82 Å². The molecule has 4 heteroatoms. The summed E-state index contributed by atoms with van der Waals surface area (Å²) in [5.41, 5.74) is 3.49. The van der Waals surface area contributed by atoms with Gasteiger partial charge in [0.25, 0.3) is 0 Å². The molecule has 0 fully saturated rings. The molecule has 0 unspecified atom stereocenters. The topological polar surface area (TPSA) is 21.3 Å². The summed E-state index contributed by atoms with van der Waals surface area (Å²) in [5.74, 6) is 0.791. The number of methoxy groups -OCH3 is 1. The molecule has 1 N–H and O–H groups in total. The van der Waals surface area contributed by atoms with E-state index in [0.29, 0.717) is 0 Å². The van der Waals surface area contributed by atoms with Crippen LogP contribution in [-0.2, 0) is 0 Å². The van der Waals surface area contributed by atoms with Gasteiger partial charge in [0.1, 0.15) is 11.6 Å². The smallest absolute Gasteiger partial charge is 0.123 e. The first-order chi connectivity index (χ1) is 13.6. The van der Waals surface area contributed by atoms with E-state index in [0.717, 1.165) is 29.3 Å². The Kier molecular flexibility index (Phi) is 7.07. The third-order valence-electron chi connectivity index (χ3n) is 5.04. The van der Waals surface area contributed by atoms with Crippen LogP contribution in [0.5, 0.6) is 5.75 Å². The van der Waals surface area contributed by atoms with E-state index >= 15 is 0 Å². The van der Waals surface area contributed by atoms with Gasteiger partial charge in [-0.05, 0) is 73.0 Å². The van der Waals surface area contributed by atoms with Crippen molar-refractivity contribution in [1.29, 1.82) is 0 Å². The summed E-state index contributed by atoms with van der Waals surface area (Å²) >= 11 is 5.97. The van der Waals surface area contributed by atoms with E-state index in [-0.39, 0.29) is 17.8 Å². The molecular formula is C24H25ClFNO. The molecule has 0 aliphatic rings. The highest BCUT2D eigenvalue weighted by Gasteiger charge is 2.15. The number of nitrogens with one attached hydrogen (secondary N) is 1. The van der Waals surface area contributed by atoms with Crippen LogP contribution in [0.25, 0.3) is 0 Å². The lowest BCUT2D eigenvalue weighted by molar-refractivity contribution is 0.414. The van der Waals surface area contributed by atoms with E-state index in [1.165, 1.54) is 23.3 Å². The third kappa shape index (κ3) is 5.34. The quantitative estimate of drug-likeness (QED) is 0.477. The van der Waals surface area contributed by atoms with Crippen molar-refractivity contribution in [3.8, 4) is 5.75 Å². The van der Waals surface area contributed by atoms with Crippen LogP contribution in [0.3, 0.4) is 0 Å². The summed E-state index contributed by atoms with van der Waals surface area (Å²) in [7, 11) is 1.66. The standard InChI is InChI=1S/C24H25ClFNO/c1-17(18-3-9-21(25)10-4-18)27-16-15-24(19-5-11-22(26)12-6-19)20-7-13-23(28-2)14-8-20/h3-14,17,24,27H,15-16H2,1-2H3/t17-,24-/m1/s1. The molecule has 2 atom stereocenters. The fraction of sp³-hybridized carbons (Fsp3) is 0.250. The Morgan fingerprint density at radius 3 is 1.96 bits per heavy atom. The zero-order chi connectivity index (χ0) is 19.9. The van der Waals surface area contributed by atoms with Crippen LogP contribution in [0.4, 0.5) is 4.39 Å². The zero-order valence-electron chi connectivity index (χ0n) is 16.2. The highest BCUT2D eigenvalue weighted by Crippen LogP contribution is 2.29. The van der Waals surface area contributed by atoms with Gasteiger partial charge in [-0.1, -0.05) is 48.0 Å². The van der Waals surface area contributed by atoms with Crippen molar-refractivity contribution in [2.45, 2.75) is 25.3 Å². The van der Waals surface area contributed by atoms with Gasteiger partial charge < -0.3 is 10.1 Å². The molecule has 0 bridgehead atoms. The Balaban J connectivity index is 1.71. The van der Waals surface area contributed by atoms with Crippen molar-refractivity contribution in [3.63, 3.8) is 0 Å². The molecule has 0 heterocycles. The Labute approximate surface area is 171 Å². The van der Waals surface area contributed by atoms with Crippen molar-refractivity contribution < 1.29 is 9.13 Å². The van der Waals surface area contributed by atoms with Gasteiger partial charge in [0.05, 0.1) is 7.11 Å². The minimum absolute atomic E-state index is 0.177. The van der Waals surface area contributed by atoms with Crippen molar-refractivity contribution in [2.75, 3.05) is 13.7 Å². The first kappa shape index (κ1) is 20.4. The zero-order valence-corrected chi connectivity index (χ0v) is 16.9. The first-order valence-corrected chi connectivity index (χ1v) is 9.83. The largest absolute Gasteiger partial charge is 0.497 e. The molecule has 3 aromatic rings. The SMILES string of the molecule is COc1ccc([C@H](CCN[C@H](C)c2ccc(Cl)cc2)c2ccc(F)cc2)cc1. The Morgan fingerprint density at radius 2 is 1.39 bits per heavy atom. The normalized spacial score (nSPS) is 13.1. The average Bonchev–Trinajstić information content (AvgIpc) is 2.72. The molecule has 0 aliphatic heterocycles. The highest BCUT2D eigenvalue weighted by atomic mass is 35.5. The average molecular weight is 398 g/mol. The van der Waals surface area contributed by atoms with Gasteiger partial charge in [-0.2, -0.15) is 0 Å². The van der Waals surface area contributed by atoms with Gasteiger partial charge in [-0.3, -0.25) is 0 Å². The second kappa shape index (κ2) is 9.72. The van der Waals surface area contributed by atoms with E-state index in [1.54, 1.807) is 7.11 Å². The lowest BCUT2D eigenvalue weighted by atomic mass is 9.88. The van der Waals surface area contributed by atoms with Gasteiger partial charge in [-0.25, -0.2) is 4.39 Å². The van der Waals surface area contributed by atoms with Crippen molar-refractivity contribution in [2.24, 2.45) is 0 Å². The maximum atomic E-state index is 13.4. The van der Waals surface area contributed by atoms with E-state index in [2.05, 4.69) is 24.4 Å². The van der Waals surface area contributed by atoms with Crippen LogP contribution < -0.4 is 10.1 Å². The predicted molar refractivity (Wildman–Crippen MR) is 114 cm³/mol. The molecule has 0 amide bonds. The maximum absolute atomic E-state index is 13.4. The van der Waals surface area contributed by atoms with E-state index in [4.69, 9.17) is 16.3 Å². The molecule has 0 spiro atoms. The minimum Gasteiger partial charge on any atom is -0.497 e. The Bertz CT molecular complexity index is 863. The number of benzene rings is 3. The number of rotatable bonds is 8. The predicted octanol–water partition coefficient (Wildman–Crippen LogP) is 6.36. The molecule has 0 saturated carbocycles. The molecule has 0 radical (unpaired) electrons. The number of hydrogen-bond donors (Lipinski definition) is 1. The number of ether oxygens (including phenoxy) is 1. The summed E-state index contributed by atoms with van der Waals surface area (Å²) in [4.78, 5) is 0. The van der Waals surface area contributed by atoms with Crippen molar-refractivity contribution in [1.82, 2.24) is 5.32 Å². The van der Waals surface area contributed by atoms with Gasteiger partial charge in [0, 0.05) is 17.0 Å². The summed E-state index contributed by atoms with van der Waals surface area (Å²) in [5, 5.41) is 4.32. The van der Waals surface area contributed by atoms with E-state index < -0.39 is 0 Å². The lowest BCUT2D eigenvalue weighted by Gasteiger charge is -2.21. The van der Waals surface area contributed by atoms with Crippen LogP contribution >= 0.6 is 11.6 Å². The molecule has 0 aromatic heterocycles. The molecule has 3 aromatic carbocycles. The molecule has 3 rings (SSSR count). The molecule has 28 heavy (non-hydrogen) atoms. The van der Waals surface area contributed by atoms with E-state index in [1.807, 2.05) is 48.5 Å². The summed E-state index contributed by atoms with van der Waals surface area (Å²) < 4.78 is 18.7. The molecule has 0 saturated heterocycles. The maximum Gasteiger partial charge on any atom is 0.123 e. The molecule has 0 aliphatic carbocycles. The fourth-order valence-electron chi connectivity index (χ4n) is 3.37. The second-order valence-corrected chi connectivity index (χ2v) is 7.33. The van der Waals surface area contributed by atoms with Crippen LogP contribution in [0.2, 0.25) is 5.02 Å². The summed E-state index contributed by atoms with van der Waals surface area (Å²) in [6, 6.07) is 23.0. The summed E-state index contributed by atoms with van der Waals surface area (Å²) in [6.45, 7) is 2.97. The van der Waals surface area contributed by atoms with Gasteiger partial charge in [0.2, 0.25) is 0 Å². The minimum atomic E-state index is -0.216. The monoisotopic (exact) mass is 397 g/mol. The number of hydrogen-bond acceptors (Lipinski definition) is 2. The third-order valence-corrected chi connectivity index (χ3v) is 5.30. The van der Waals surface area contributed by atoms with Gasteiger partial charge in [-0.15, -0.1) is 0 Å².